The van der Waals surface area contributed by atoms with E-state index in [0.717, 1.165) is 30.0 Å². The van der Waals surface area contributed by atoms with Gasteiger partial charge in [-0.15, -0.1) is 10.2 Å². The zero-order valence-electron chi connectivity index (χ0n) is 11.9. The van der Waals surface area contributed by atoms with E-state index in [1.54, 1.807) is 0 Å². The number of aromatic nitrogens is 2. The van der Waals surface area contributed by atoms with Crippen molar-refractivity contribution in [3.63, 3.8) is 0 Å². The van der Waals surface area contributed by atoms with Crippen molar-refractivity contribution in [2.75, 3.05) is 11.9 Å². The summed E-state index contributed by atoms with van der Waals surface area (Å²) in [5, 5.41) is 23.7. The van der Waals surface area contributed by atoms with Gasteiger partial charge in [0.05, 0.1) is 5.56 Å². The molecule has 0 bridgehead atoms. The number of rotatable bonds is 5. The number of urea groups is 1. The number of aliphatic hydroxyl groups is 1. The number of aliphatic hydroxyl groups excluding tert-OH is 1. The molecule has 1 fully saturated rings. The largest absolute Gasteiger partial charge is 0.386 e. The van der Waals surface area contributed by atoms with Gasteiger partial charge >= 0.3 is 6.03 Å². The van der Waals surface area contributed by atoms with E-state index in [1.165, 1.54) is 17.4 Å². The maximum absolute atomic E-state index is 13.5. The maximum Gasteiger partial charge on any atom is 0.321 e. The van der Waals surface area contributed by atoms with Crippen LogP contribution in [0.2, 0.25) is 0 Å². The number of benzene rings is 1. The van der Waals surface area contributed by atoms with Crippen molar-refractivity contribution in [1.82, 2.24) is 15.5 Å². The Balaban J connectivity index is 1.53. The fourth-order valence-corrected chi connectivity index (χ4v) is 2.95. The summed E-state index contributed by atoms with van der Waals surface area (Å²) in [4.78, 5) is 11.7. The summed E-state index contributed by atoms with van der Waals surface area (Å²) in [6, 6.07) is 2.66. The summed E-state index contributed by atoms with van der Waals surface area (Å²) in [5.74, 6) is -1.28. The highest BCUT2D eigenvalue weighted by atomic mass is 32.1. The number of carbonyl (C=O) groups is 1. The number of nitrogens with one attached hydrogen (secondary N) is 2. The van der Waals surface area contributed by atoms with Gasteiger partial charge in [-0.05, 0) is 25.0 Å². The lowest BCUT2D eigenvalue weighted by atomic mass is 10.1. The Morgan fingerprint density at radius 3 is 2.70 bits per heavy atom. The molecule has 6 nitrogen and oxygen atoms in total. The fraction of sp³-hybridized carbons (Fsp3) is 0.357. The first-order valence-corrected chi connectivity index (χ1v) is 7.86. The third-order valence-electron chi connectivity index (χ3n) is 3.38. The molecule has 2 amide bonds. The number of hydrogen-bond acceptors (Lipinski definition) is 5. The molecule has 9 heteroatoms. The molecule has 1 saturated carbocycles. The first-order valence-electron chi connectivity index (χ1n) is 7.05. The molecule has 3 rings (SSSR count). The topological polar surface area (TPSA) is 87.1 Å². The van der Waals surface area contributed by atoms with Crippen molar-refractivity contribution in [2.45, 2.75) is 24.9 Å². The second-order valence-electron chi connectivity index (χ2n) is 5.21. The molecule has 0 radical (unpaired) electrons. The van der Waals surface area contributed by atoms with Crippen LogP contribution in [0, 0.1) is 11.6 Å². The Morgan fingerprint density at radius 1 is 1.35 bits per heavy atom. The molecule has 1 unspecified atom stereocenters. The Kier molecular flexibility index (Phi) is 4.49. The van der Waals surface area contributed by atoms with Gasteiger partial charge in [0.1, 0.15) is 22.7 Å². The summed E-state index contributed by atoms with van der Waals surface area (Å²) in [7, 11) is 0. The van der Waals surface area contributed by atoms with Gasteiger partial charge in [-0.1, -0.05) is 17.4 Å². The predicted molar refractivity (Wildman–Crippen MR) is 80.2 cm³/mol. The van der Waals surface area contributed by atoms with Crippen LogP contribution in [0.3, 0.4) is 0 Å². The third-order valence-corrected chi connectivity index (χ3v) is 4.38. The number of halogens is 2. The molecule has 1 heterocycles. The van der Waals surface area contributed by atoms with Crippen molar-refractivity contribution in [3.05, 3.63) is 40.4 Å². The lowest BCUT2D eigenvalue weighted by Crippen LogP contribution is -2.32. The predicted octanol–water partition coefficient (Wildman–Crippen LogP) is 2.55. The first-order chi connectivity index (χ1) is 11.0. The molecular weight excluding hydrogens is 326 g/mol. The SMILES string of the molecule is O=C(NCC(O)c1c(F)cccc1F)Nc1nnc(C2CC2)s1. The highest BCUT2D eigenvalue weighted by Crippen LogP contribution is 2.41. The lowest BCUT2D eigenvalue weighted by molar-refractivity contribution is 0.166. The quantitative estimate of drug-likeness (QED) is 0.781. The van der Waals surface area contributed by atoms with E-state index in [4.69, 9.17) is 0 Å². The van der Waals surface area contributed by atoms with Crippen LogP contribution in [-0.2, 0) is 0 Å². The monoisotopic (exact) mass is 340 g/mol. The Hall–Kier alpha value is -2.13. The molecule has 0 aliphatic heterocycles. The zero-order valence-corrected chi connectivity index (χ0v) is 12.7. The molecule has 3 N–H and O–H groups in total. The first kappa shape index (κ1) is 15.8. The summed E-state index contributed by atoms with van der Waals surface area (Å²) >= 11 is 1.29. The second kappa shape index (κ2) is 6.55. The molecule has 122 valence electrons. The smallest absolute Gasteiger partial charge is 0.321 e. The molecule has 0 saturated heterocycles. The summed E-state index contributed by atoms with van der Waals surface area (Å²) < 4.78 is 27.0. The molecular formula is C14H14F2N4O2S. The molecule has 0 spiro atoms. The number of anilines is 1. The van der Waals surface area contributed by atoms with Crippen molar-refractivity contribution in [1.29, 1.82) is 0 Å². The molecule has 1 atom stereocenters. The van der Waals surface area contributed by atoms with Crippen LogP contribution < -0.4 is 10.6 Å². The van der Waals surface area contributed by atoms with Gasteiger partial charge in [0.15, 0.2) is 0 Å². The Labute approximate surface area is 134 Å². The minimum Gasteiger partial charge on any atom is -0.386 e. The standard InChI is InChI=1S/C14H14F2N4O2S/c15-8-2-1-3-9(16)11(8)10(21)6-17-13(22)18-14-20-19-12(23-14)7-4-5-7/h1-3,7,10,21H,4-6H2,(H2,17,18,20,22). The van der Waals surface area contributed by atoms with Gasteiger partial charge in [0.25, 0.3) is 0 Å². The maximum atomic E-state index is 13.5. The van der Waals surface area contributed by atoms with Crippen LogP contribution in [0.15, 0.2) is 18.2 Å². The molecule has 23 heavy (non-hydrogen) atoms. The van der Waals surface area contributed by atoms with Crippen LogP contribution in [0.5, 0.6) is 0 Å². The van der Waals surface area contributed by atoms with Gasteiger partial charge in [-0.2, -0.15) is 0 Å². The average Bonchev–Trinajstić information content (AvgIpc) is 3.25. The number of amides is 2. The highest BCUT2D eigenvalue weighted by Gasteiger charge is 2.27. The van der Waals surface area contributed by atoms with E-state index in [9.17, 15) is 18.7 Å². The van der Waals surface area contributed by atoms with Crippen LogP contribution in [0.1, 0.15) is 35.4 Å². The average molecular weight is 340 g/mol. The number of hydrogen-bond donors (Lipinski definition) is 3. The van der Waals surface area contributed by atoms with Gasteiger partial charge in [-0.3, -0.25) is 5.32 Å². The fourth-order valence-electron chi connectivity index (χ4n) is 2.04. The van der Waals surface area contributed by atoms with Crippen molar-refractivity contribution in [3.8, 4) is 0 Å². The van der Waals surface area contributed by atoms with Crippen molar-refractivity contribution in [2.24, 2.45) is 0 Å². The Bertz CT molecular complexity index is 700. The lowest BCUT2D eigenvalue weighted by Gasteiger charge is -2.13. The van der Waals surface area contributed by atoms with Crippen LogP contribution >= 0.6 is 11.3 Å². The summed E-state index contributed by atoms with van der Waals surface area (Å²) in [5.41, 5.74) is -0.472. The van der Waals surface area contributed by atoms with Gasteiger partial charge in [0, 0.05) is 12.5 Å². The van der Waals surface area contributed by atoms with Crippen molar-refractivity contribution >= 4 is 22.5 Å². The van der Waals surface area contributed by atoms with Gasteiger partial charge in [-0.25, -0.2) is 13.6 Å². The Morgan fingerprint density at radius 2 is 2.04 bits per heavy atom. The summed E-state index contributed by atoms with van der Waals surface area (Å²) in [6.07, 6.45) is 0.682. The van der Waals surface area contributed by atoms with E-state index in [2.05, 4.69) is 20.8 Å². The summed E-state index contributed by atoms with van der Waals surface area (Å²) in [6.45, 7) is -0.335. The molecule has 1 aliphatic rings. The van der Waals surface area contributed by atoms with Crippen LogP contribution in [0.4, 0.5) is 18.7 Å². The minimum absolute atomic E-state index is 0.335. The van der Waals surface area contributed by atoms with E-state index >= 15 is 0 Å². The second-order valence-corrected chi connectivity index (χ2v) is 6.21. The molecule has 1 aromatic heterocycles. The van der Waals surface area contributed by atoms with E-state index in [-0.39, 0.29) is 6.54 Å². The molecule has 2 aromatic rings. The van der Waals surface area contributed by atoms with E-state index in [0.29, 0.717) is 11.0 Å². The van der Waals surface area contributed by atoms with Gasteiger partial charge in [0.2, 0.25) is 5.13 Å². The number of carbonyl (C=O) groups excluding carboxylic acids is 1. The van der Waals surface area contributed by atoms with Crippen LogP contribution in [-0.4, -0.2) is 27.9 Å². The normalized spacial score (nSPS) is 15.3. The van der Waals surface area contributed by atoms with E-state index < -0.39 is 29.3 Å². The van der Waals surface area contributed by atoms with Crippen molar-refractivity contribution < 1.29 is 18.7 Å². The van der Waals surface area contributed by atoms with Gasteiger partial charge < -0.3 is 10.4 Å². The third kappa shape index (κ3) is 3.80. The minimum atomic E-state index is -1.49. The zero-order chi connectivity index (χ0) is 16.4. The van der Waals surface area contributed by atoms with Crippen LogP contribution in [0.25, 0.3) is 0 Å². The number of nitrogens with zero attached hydrogens (tertiary/aromatic N) is 2. The molecule has 1 aliphatic carbocycles. The highest BCUT2D eigenvalue weighted by molar-refractivity contribution is 7.15. The molecule has 1 aromatic carbocycles. The van der Waals surface area contributed by atoms with E-state index in [1.807, 2.05) is 0 Å².